The van der Waals surface area contributed by atoms with Gasteiger partial charge in [0.25, 0.3) is 0 Å². The standard InChI is InChI=1S/C20H23NO4/c1-21(14-5-15-25-18-6-3-2-4-7-18)19(22)13-10-16-8-11-17(12-9-16)20(23)24/h2-4,6-9,11-12H,5,10,13-15H2,1H3,(H,23,24). The van der Waals surface area contributed by atoms with E-state index < -0.39 is 5.97 Å². The molecular formula is C20H23NO4. The topological polar surface area (TPSA) is 66.8 Å². The van der Waals surface area contributed by atoms with Gasteiger partial charge in [0, 0.05) is 20.0 Å². The molecule has 0 aliphatic heterocycles. The summed E-state index contributed by atoms with van der Waals surface area (Å²) in [4.78, 5) is 24.7. The molecule has 0 aliphatic rings. The number of carbonyl (C=O) groups excluding carboxylic acids is 1. The smallest absolute Gasteiger partial charge is 0.335 e. The van der Waals surface area contributed by atoms with Crippen LogP contribution in [0.5, 0.6) is 5.75 Å². The number of carboxylic acid groups (broad SMARTS) is 1. The lowest BCUT2D eigenvalue weighted by atomic mass is 10.1. The summed E-state index contributed by atoms with van der Waals surface area (Å²) in [6.07, 6.45) is 1.77. The molecule has 25 heavy (non-hydrogen) atoms. The molecule has 1 N–H and O–H groups in total. The Morgan fingerprint density at radius 3 is 2.36 bits per heavy atom. The van der Waals surface area contributed by atoms with Crippen molar-refractivity contribution in [1.29, 1.82) is 0 Å². The van der Waals surface area contributed by atoms with Gasteiger partial charge in [-0.1, -0.05) is 30.3 Å². The number of nitrogens with zero attached hydrogens (tertiary/aromatic N) is 1. The third kappa shape index (κ3) is 6.30. The minimum Gasteiger partial charge on any atom is -0.494 e. The van der Waals surface area contributed by atoms with Crippen molar-refractivity contribution in [2.45, 2.75) is 19.3 Å². The molecule has 0 aliphatic carbocycles. The van der Waals surface area contributed by atoms with Crippen molar-refractivity contribution in [2.75, 3.05) is 20.2 Å². The first-order valence-corrected chi connectivity index (χ1v) is 8.30. The van der Waals surface area contributed by atoms with Crippen molar-refractivity contribution in [3.05, 3.63) is 65.7 Å². The van der Waals surface area contributed by atoms with Crippen molar-refractivity contribution in [1.82, 2.24) is 4.90 Å². The zero-order chi connectivity index (χ0) is 18.1. The first kappa shape index (κ1) is 18.5. The van der Waals surface area contributed by atoms with Crippen LogP contribution in [-0.2, 0) is 11.2 Å². The summed E-state index contributed by atoms with van der Waals surface area (Å²) in [5, 5.41) is 8.87. The molecule has 5 nitrogen and oxygen atoms in total. The zero-order valence-corrected chi connectivity index (χ0v) is 14.4. The Kier molecular flexibility index (Phi) is 7.01. The lowest BCUT2D eigenvalue weighted by molar-refractivity contribution is -0.129. The second-order valence-corrected chi connectivity index (χ2v) is 5.83. The summed E-state index contributed by atoms with van der Waals surface area (Å²) in [7, 11) is 1.79. The van der Waals surface area contributed by atoms with Crippen LogP contribution in [0.4, 0.5) is 0 Å². The van der Waals surface area contributed by atoms with E-state index in [1.165, 1.54) is 0 Å². The van der Waals surface area contributed by atoms with E-state index in [0.717, 1.165) is 17.7 Å². The molecule has 5 heteroatoms. The molecule has 0 fully saturated rings. The molecule has 2 rings (SSSR count). The van der Waals surface area contributed by atoms with E-state index >= 15 is 0 Å². The number of amides is 1. The van der Waals surface area contributed by atoms with Crippen molar-refractivity contribution >= 4 is 11.9 Å². The number of carboxylic acids is 1. The van der Waals surface area contributed by atoms with E-state index in [1.54, 1.807) is 36.2 Å². The number of carbonyl (C=O) groups is 2. The van der Waals surface area contributed by atoms with Gasteiger partial charge in [-0.2, -0.15) is 0 Å². The molecule has 0 spiro atoms. The van der Waals surface area contributed by atoms with Crippen LogP contribution in [0.2, 0.25) is 0 Å². The van der Waals surface area contributed by atoms with Crippen LogP contribution in [0.3, 0.4) is 0 Å². The number of para-hydroxylation sites is 1. The Morgan fingerprint density at radius 2 is 1.72 bits per heavy atom. The van der Waals surface area contributed by atoms with E-state index in [2.05, 4.69) is 0 Å². The summed E-state index contributed by atoms with van der Waals surface area (Å²) in [5.74, 6) is -0.0385. The molecule has 1 amide bonds. The van der Waals surface area contributed by atoms with E-state index in [9.17, 15) is 9.59 Å². The molecule has 0 atom stereocenters. The van der Waals surface area contributed by atoms with Crippen LogP contribution < -0.4 is 4.74 Å². The maximum absolute atomic E-state index is 12.1. The molecule has 0 bridgehead atoms. The summed E-state index contributed by atoms with van der Waals surface area (Å²) in [6, 6.07) is 16.2. The summed E-state index contributed by atoms with van der Waals surface area (Å²) in [5.41, 5.74) is 1.21. The zero-order valence-electron chi connectivity index (χ0n) is 14.4. The predicted molar refractivity (Wildman–Crippen MR) is 95.9 cm³/mol. The minimum absolute atomic E-state index is 0.0713. The molecule has 0 saturated carbocycles. The van der Waals surface area contributed by atoms with Gasteiger partial charge in [0.1, 0.15) is 5.75 Å². The molecular weight excluding hydrogens is 318 g/mol. The second-order valence-electron chi connectivity index (χ2n) is 5.83. The quantitative estimate of drug-likeness (QED) is 0.711. The van der Waals surface area contributed by atoms with E-state index in [0.29, 0.717) is 26.0 Å². The third-order valence-electron chi connectivity index (χ3n) is 3.90. The highest BCUT2D eigenvalue weighted by molar-refractivity contribution is 5.87. The van der Waals surface area contributed by atoms with Crippen molar-refractivity contribution in [2.24, 2.45) is 0 Å². The highest BCUT2D eigenvalue weighted by Gasteiger charge is 2.09. The van der Waals surface area contributed by atoms with Gasteiger partial charge in [-0.05, 0) is 42.7 Å². The van der Waals surface area contributed by atoms with Crippen molar-refractivity contribution in [3.63, 3.8) is 0 Å². The molecule has 0 radical (unpaired) electrons. The van der Waals surface area contributed by atoms with Gasteiger partial charge < -0.3 is 14.7 Å². The van der Waals surface area contributed by atoms with Crippen molar-refractivity contribution < 1.29 is 19.4 Å². The van der Waals surface area contributed by atoms with E-state index in [4.69, 9.17) is 9.84 Å². The molecule has 2 aromatic carbocycles. The Morgan fingerprint density at radius 1 is 1.04 bits per heavy atom. The van der Waals surface area contributed by atoms with E-state index in [1.807, 2.05) is 30.3 Å². The monoisotopic (exact) mass is 341 g/mol. The fraction of sp³-hybridized carbons (Fsp3) is 0.300. The average Bonchev–Trinajstić information content (AvgIpc) is 2.64. The number of hydrogen-bond donors (Lipinski definition) is 1. The van der Waals surface area contributed by atoms with Crippen molar-refractivity contribution in [3.8, 4) is 5.75 Å². The Hall–Kier alpha value is -2.82. The highest BCUT2D eigenvalue weighted by atomic mass is 16.5. The molecule has 0 unspecified atom stereocenters. The highest BCUT2D eigenvalue weighted by Crippen LogP contribution is 2.10. The Balaban J connectivity index is 1.66. The number of rotatable bonds is 9. The molecule has 132 valence electrons. The molecule has 2 aromatic rings. The van der Waals surface area contributed by atoms with Crippen LogP contribution in [-0.4, -0.2) is 42.1 Å². The maximum atomic E-state index is 12.1. The van der Waals surface area contributed by atoms with Crippen LogP contribution in [0, 0.1) is 0 Å². The lowest BCUT2D eigenvalue weighted by Gasteiger charge is -2.17. The van der Waals surface area contributed by atoms with Gasteiger partial charge >= 0.3 is 5.97 Å². The largest absolute Gasteiger partial charge is 0.494 e. The average molecular weight is 341 g/mol. The first-order valence-electron chi connectivity index (χ1n) is 8.30. The number of benzene rings is 2. The minimum atomic E-state index is -0.944. The fourth-order valence-electron chi connectivity index (χ4n) is 2.39. The van der Waals surface area contributed by atoms with Gasteiger partial charge in [-0.3, -0.25) is 4.79 Å². The molecule has 0 heterocycles. The number of aromatic carboxylic acids is 1. The van der Waals surface area contributed by atoms with Gasteiger partial charge in [-0.25, -0.2) is 4.79 Å². The lowest BCUT2D eigenvalue weighted by Crippen LogP contribution is -2.28. The van der Waals surface area contributed by atoms with Crippen LogP contribution in [0.25, 0.3) is 0 Å². The summed E-state index contributed by atoms with van der Waals surface area (Å²) in [6.45, 7) is 1.21. The normalized spacial score (nSPS) is 10.3. The number of aryl methyl sites for hydroxylation is 1. The van der Waals surface area contributed by atoms with Crippen LogP contribution in [0.15, 0.2) is 54.6 Å². The van der Waals surface area contributed by atoms with Gasteiger partial charge in [0.05, 0.1) is 12.2 Å². The van der Waals surface area contributed by atoms with Gasteiger partial charge in [0.2, 0.25) is 5.91 Å². The second kappa shape index (κ2) is 9.47. The molecule has 0 saturated heterocycles. The number of hydrogen-bond acceptors (Lipinski definition) is 3. The number of ether oxygens (including phenoxy) is 1. The Labute approximate surface area is 147 Å². The van der Waals surface area contributed by atoms with Gasteiger partial charge in [-0.15, -0.1) is 0 Å². The van der Waals surface area contributed by atoms with Crippen LogP contribution in [0.1, 0.15) is 28.8 Å². The summed E-state index contributed by atoms with van der Waals surface area (Å²) < 4.78 is 5.61. The first-order chi connectivity index (χ1) is 12.1. The fourth-order valence-corrected chi connectivity index (χ4v) is 2.39. The Bertz CT molecular complexity index is 683. The van der Waals surface area contributed by atoms with Gasteiger partial charge in [0.15, 0.2) is 0 Å². The summed E-state index contributed by atoms with van der Waals surface area (Å²) >= 11 is 0. The van der Waals surface area contributed by atoms with E-state index in [-0.39, 0.29) is 11.5 Å². The third-order valence-corrected chi connectivity index (χ3v) is 3.90. The molecule has 0 aromatic heterocycles. The maximum Gasteiger partial charge on any atom is 0.335 e. The predicted octanol–water partition coefficient (Wildman–Crippen LogP) is 3.24. The van der Waals surface area contributed by atoms with Crippen LogP contribution >= 0.6 is 0 Å². The SMILES string of the molecule is CN(CCCOc1ccccc1)C(=O)CCc1ccc(C(=O)O)cc1.